The highest BCUT2D eigenvalue weighted by Gasteiger charge is 2.17. The molecular formula is C16H18N4S. The van der Waals surface area contributed by atoms with Gasteiger partial charge in [-0.15, -0.1) is 21.5 Å². The summed E-state index contributed by atoms with van der Waals surface area (Å²) in [7, 11) is 0. The molecular weight excluding hydrogens is 280 g/mol. The highest BCUT2D eigenvalue weighted by Crippen LogP contribution is 2.31. The molecule has 3 aromatic rings. The van der Waals surface area contributed by atoms with Crippen LogP contribution in [0.15, 0.2) is 23.6 Å². The van der Waals surface area contributed by atoms with E-state index < -0.39 is 0 Å². The van der Waals surface area contributed by atoms with Crippen LogP contribution in [0.3, 0.4) is 0 Å². The number of fused-ring (bicyclic) bond motifs is 2. The van der Waals surface area contributed by atoms with Crippen LogP contribution in [-0.2, 0) is 12.8 Å². The first-order valence-electron chi connectivity index (χ1n) is 7.44. The number of nitrogens with zero attached hydrogens (tertiary/aromatic N) is 3. The second kappa shape index (κ2) is 4.93. The normalized spacial score (nSPS) is 16.1. The van der Waals surface area contributed by atoms with E-state index in [1.54, 1.807) is 11.3 Å². The van der Waals surface area contributed by atoms with E-state index in [1.807, 2.05) is 6.92 Å². The Morgan fingerprint density at radius 3 is 2.81 bits per heavy atom. The fraction of sp³-hybridized carbons (Fsp3) is 0.375. The largest absolute Gasteiger partial charge is 0.322 e. The van der Waals surface area contributed by atoms with Gasteiger partial charge in [0, 0.05) is 5.38 Å². The molecule has 0 saturated carbocycles. The third-order valence-corrected chi connectivity index (χ3v) is 5.04. The predicted octanol–water partition coefficient (Wildman–Crippen LogP) is 3.36. The molecule has 1 aromatic carbocycles. The van der Waals surface area contributed by atoms with Crippen molar-refractivity contribution in [3.8, 4) is 11.3 Å². The lowest BCUT2D eigenvalue weighted by Gasteiger charge is -2.16. The number of hydrogen-bond acceptors (Lipinski definition) is 4. The maximum Gasteiger partial charge on any atom is 0.216 e. The zero-order chi connectivity index (χ0) is 14.4. The lowest BCUT2D eigenvalue weighted by Crippen LogP contribution is -2.10. The lowest BCUT2D eigenvalue weighted by atomic mass is 9.90. The summed E-state index contributed by atoms with van der Waals surface area (Å²) in [5.74, 6) is 0.832. The van der Waals surface area contributed by atoms with Crippen molar-refractivity contribution >= 4 is 16.3 Å². The van der Waals surface area contributed by atoms with E-state index in [4.69, 9.17) is 5.73 Å². The van der Waals surface area contributed by atoms with Crippen LogP contribution in [0.1, 0.15) is 42.8 Å². The number of hydrogen-bond donors (Lipinski definition) is 1. The van der Waals surface area contributed by atoms with Gasteiger partial charge in [0.25, 0.3) is 0 Å². The van der Waals surface area contributed by atoms with Gasteiger partial charge < -0.3 is 5.73 Å². The quantitative estimate of drug-likeness (QED) is 0.789. The maximum atomic E-state index is 6.02. The summed E-state index contributed by atoms with van der Waals surface area (Å²) >= 11 is 1.62. The summed E-state index contributed by atoms with van der Waals surface area (Å²) in [5, 5.41) is 10.6. The van der Waals surface area contributed by atoms with E-state index in [-0.39, 0.29) is 6.04 Å². The molecule has 1 unspecified atom stereocenters. The number of aryl methyl sites for hydroxylation is 2. The van der Waals surface area contributed by atoms with E-state index in [0.29, 0.717) is 0 Å². The minimum absolute atomic E-state index is 0.119. The molecule has 2 N–H and O–H groups in total. The van der Waals surface area contributed by atoms with E-state index in [1.165, 1.54) is 42.4 Å². The van der Waals surface area contributed by atoms with E-state index >= 15 is 0 Å². The molecule has 1 aliphatic rings. The average Bonchev–Trinajstić information content (AvgIpc) is 3.08. The topological polar surface area (TPSA) is 56.2 Å². The van der Waals surface area contributed by atoms with Crippen molar-refractivity contribution in [1.29, 1.82) is 0 Å². The molecule has 4 rings (SSSR count). The van der Waals surface area contributed by atoms with Crippen LogP contribution in [0.2, 0.25) is 0 Å². The molecule has 0 spiro atoms. The van der Waals surface area contributed by atoms with Crippen LogP contribution in [0, 0.1) is 0 Å². The lowest BCUT2D eigenvalue weighted by molar-refractivity contribution is 0.685. The molecule has 4 nitrogen and oxygen atoms in total. The summed E-state index contributed by atoms with van der Waals surface area (Å²) < 4.78 is 2.10. The first-order chi connectivity index (χ1) is 10.2. The second-order valence-electron chi connectivity index (χ2n) is 5.78. The third-order valence-electron chi connectivity index (χ3n) is 4.23. The van der Waals surface area contributed by atoms with Crippen molar-refractivity contribution < 1.29 is 0 Å². The van der Waals surface area contributed by atoms with Crippen LogP contribution in [-0.4, -0.2) is 14.6 Å². The SMILES string of the molecule is CC(N)c1nnc2scc(-c3ccc4c(c3)CCCC4)n12. The van der Waals surface area contributed by atoms with Crippen molar-refractivity contribution in [1.82, 2.24) is 14.6 Å². The van der Waals surface area contributed by atoms with Crippen molar-refractivity contribution in [3.63, 3.8) is 0 Å². The zero-order valence-corrected chi connectivity index (χ0v) is 12.9. The number of aromatic nitrogens is 3. The Morgan fingerprint density at radius 1 is 1.19 bits per heavy atom. The van der Waals surface area contributed by atoms with Crippen LogP contribution in [0.25, 0.3) is 16.2 Å². The van der Waals surface area contributed by atoms with Gasteiger partial charge in [-0.25, -0.2) is 0 Å². The van der Waals surface area contributed by atoms with Crippen LogP contribution >= 0.6 is 11.3 Å². The Kier molecular flexibility index (Phi) is 3.05. The van der Waals surface area contributed by atoms with Gasteiger partial charge in [0.05, 0.1) is 11.7 Å². The highest BCUT2D eigenvalue weighted by molar-refractivity contribution is 7.15. The van der Waals surface area contributed by atoms with E-state index in [0.717, 1.165) is 16.5 Å². The summed E-state index contributed by atoms with van der Waals surface area (Å²) in [6.45, 7) is 1.95. The van der Waals surface area contributed by atoms with Gasteiger partial charge >= 0.3 is 0 Å². The summed E-state index contributed by atoms with van der Waals surface area (Å²) in [6, 6.07) is 6.71. The molecule has 5 heteroatoms. The highest BCUT2D eigenvalue weighted by atomic mass is 32.1. The van der Waals surface area contributed by atoms with Gasteiger partial charge in [0.2, 0.25) is 4.96 Å². The standard InChI is InChI=1S/C16H18N4S/c1-10(17)15-18-19-16-20(15)14(9-21-16)13-7-6-11-4-2-3-5-12(11)8-13/h6-10H,2-5,17H2,1H3. The second-order valence-corrected chi connectivity index (χ2v) is 6.61. The number of nitrogens with two attached hydrogens (primary N) is 1. The zero-order valence-electron chi connectivity index (χ0n) is 12.0. The smallest absolute Gasteiger partial charge is 0.216 e. The Bertz CT molecular complexity index is 800. The van der Waals surface area contributed by atoms with Crippen LogP contribution in [0.4, 0.5) is 0 Å². The molecule has 0 saturated heterocycles. The summed E-state index contributed by atoms with van der Waals surface area (Å²) in [4.78, 5) is 0.912. The van der Waals surface area contributed by atoms with Gasteiger partial charge in [-0.1, -0.05) is 12.1 Å². The fourth-order valence-electron chi connectivity index (χ4n) is 3.13. The van der Waals surface area contributed by atoms with Gasteiger partial charge in [-0.05, 0) is 55.4 Å². The van der Waals surface area contributed by atoms with Crippen LogP contribution < -0.4 is 5.73 Å². The Hall–Kier alpha value is -1.72. The number of thiazole rings is 1. The van der Waals surface area contributed by atoms with Gasteiger partial charge in [0.15, 0.2) is 5.82 Å². The molecule has 0 aliphatic heterocycles. The molecule has 0 fully saturated rings. The Labute approximate surface area is 127 Å². The molecule has 1 atom stereocenters. The van der Waals surface area contributed by atoms with Crippen molar-refractivity contribution in [3.05, 3.63) is 40.5 Å². The van der Waals surface area contributed by atoms with E-state index in [2.05, 4.69) is 38.2 Å². The molecule has 1 aliphatic carbocycles. The minimum atomic E-state index is -0.119. The Morgan fingerprint density at radius 2 is 2.00 bits per heavy atom. The molecule has 0 amide bonds. The van der Waals surface area contributed by atoms with Gasteiger partial charge in [-0.3, -0.25) is 4.40 Å². The maximum absolute atomic E-state index is 6.02. The van der Waals surface area contributed by atoms with Crippen molar-refractivity contribution in [2.45, 2.75) is 38.6 Å². The van der Waals surface area contributed by atoms with Crippen LogP contribution in [0.5, 0.6) is 0 Å². The number of benzene rings is 1. The summed E-state index contributed by atoms with van der Waals surface area (Å²) in [6.07, 6.45) is 5.02. The van der Waals surface area contributed by atoms with Gasteiger partial charge in [0.1, 0.15) is 0 Å². The molecule has 0 radical (unpaired) electrons. The minimum Gasteiger partial charge on any atom is -0.322 e. The molecule has 2 heterocycles. The predicted molar refractivity (Wildman–Crippen MR) is 85.5 cm³/mol. The first kappa shape index (κ1) is 13.0. The van der Waals surface area contributed by atoms with Crippen molar-refractivity contribution in [2.24, 2.45) is 5.73 Å². The average molecular weight is 298 g/mol. The van der Waals surface area contributed by atoms with E-state index in [9.17, 15) is 0 Å². The Balaban J connectivity index is 1.88. The number of rotatable bonds is 2. The first-order valence-corrected chi connectivity index (χ1v) is 8.32. The fourth-order valence-corrected chi connectivity index (χ4v) is 3.97. The van der Waals surface area contributed by atoms with Crippen molar-refractivity contribution in [2.75, 3.05) is 0 Å². The van der Waals surface area contributed by atoms with Gasteiger partial charge in [-0.2, -0.15) is 0 Å². The molecule has 108 valence electrons. The monoisotopic (exact) mass is 298 g/mol. The molecule has 21 heavy (non-hydrogen) atoms. The molecule has 0 bridgehead atoms. The summed E-state index contributed by atoms with van der Waals surface area (Å²) in [5.41, 5.74) is 11.4. The third kappa shape index (κ3) is 2.08. The molecule has 2 aromatic heterocycles.